The Morgan fingerprint density at radius 2 is 1.74 bits per heavy atom. The molecule has 2 aromatic carbocycles. The second-order valence-electron chi connectivity index (χ2n) is 4.69. The van der Waals surface area contributed by atoms with Gasteiger partial charge in [0, 0.05) is 11.5 Å². The van der Waals surface area contributed by atoms with Gasteiger partial charge in [0.05, 0.1) is 6.42 Å². The summed E-state index contributed by atoms with van der Waals surface area (Å²) in [6, 6.07) is 17.5. The third-order valence-electron chi connectivity index (χ3n) is 3.46. The van der Waals surface area contributed by atoms with Crippen molar-refractivity contribution >= 4 is 5.97 Å². The summed E-state index contributed by atoms with van der Waals surface area (Å²) in [5, 5.41) is 9.11. The number of hydrogen-bond acceptors (Lipinski definition) is 2. The highest BCUT2D eigenvalue weighted by atomic mass is 16.5. The van der Waals surface area contributed by atoms with E-state index in [-0.39, 0.29) is 18.4 Å². The molecule has 0 bridgehead atoms. The lowest BCUT2D eigenvalue weighted by Crippen LogP contribution is -2.13. The summed E-state index contributed by atoms with van der Waals surface area (Å²) in [6.07, 6.45) is -0.133. The Morgan fingerprint density at radius 1 is 1.05 bits per heavy atom. The molecule has 1 aliphatic rings. The van der Waals surface area contributed by atoms with Gasteiger partial charge in [0.15, 0.2) is 0 Å². The predicted molar refractivity (Wildman–Crippen MR) is 71.2 cm³/mol. The van der Waals surface area contributed by atoms with Gasteiger partial charge in [-0.25, -0.2) is 0 Å². The fraction of sp³-hybridized carbons (Fsp3) is 0.188. The number of carbonyl (C=O) groups is 1. The van der Waals surface area contributed by atoms with Crippen LogP contribution in [0.2, 0.25) is 0 Å². The first-order valence-electron chi connectivity index (χ1n) is 6.28. The number of benzene rings is 2. The molecule has 0 saturated carbocycles. The summed E-state index contributed by atoms with van der Waals surface area (Å²) in [7, 11) is 0. The molecular formula is C16H14O3. The van der Waals surface area contributed by atoms with E-state index in [4.69, 9.17) is 9.84 Å². The van der Waals surface area contributed by atoms with Gasteiger partial charge in [-0.05, 0) is 11.6 Å². The number of rotatable bonds is 3. The lowest BCUT2D eigenvalue weighted by Gasteiger charge is -2.18. The lowest BCUT2D eigenvalue weighted by atomic mass is 9.88. The first-order valence-corrected chi connectivity index (χ1v) is 6.28. The second-order valence-corrected chi connectivity index (χ2v) is 4.69. The van der Waals surface area contributed by atoms with Gasteiger partial charge in [-0.1, -0.05) is 48.5 Å². The maximum Gasteiger partial charge on any atom is 0.304 e. The average molecular weight is 254 g/mol. The molecule has 0 radical (unpaired) electrons. The van der Waals surface area contributed by atoms with Gasteiger partial charge in [0.2, 0.25) is 0 Å². The van der Waals surface area contributed by atoms with Gasteiger partial charge in [-0.15, -0.1) is 0 Å². The van der Waals surface area contributed by atoms with Crippen LogP contribution in [-0.2, 0) is 4.79 Å². The topological polar surface area (TPSA) is 46.5 Å². The zero-order valence-corrected chi connectivity index (χ0v) is 10.3. The maximum atomic E-state index is 11.1. The first-order chi connectivity index (χ1) is 9.25. The Labute approximate surface area is 111 Å². The van der Waals surface area contributed by atoms with E-state index >= 15 is 0 Å². The Morgan fingerprint density at radius 3 is 2.47 bits per heavy atom. The molecule has 0 amide bonds. The number of carboxylic acid groups (broad SMARTS) is 1. The molecule has 1 aliphatic heterocycles. The van der Waals surface area contributed by atoms with Crippen molar-refractivity contribution in [1.82, 2.24) is 0 Å². The zero-order chi connectivity index (χ0) is 13.2. The molecule has 3 heteroatoms. The summed E-state index contributed by atoms with van der Waals surface area (Å²) in [5.74, 6) is -0.134. The van der Waals surface area contributed by atoms with Crippen LogP contribution >= 0.6 is 0 Å². The lowest BCUT2D eigenvalue weighted by molar-refractivity contribution is -0.137. The standard InChI is InChI=1S/C16H14O3/c17-15(18)10-13-12-8-4-5-9-14(12)19-16(13)11-6-2-1-3-7-11/h1-9,13,16H,10H2,(H,17,18)/t13-,16+/m0/s1. The largest absolute Gasteiger partial charge is 0.485 e. The van der Waals surface area contributed by atoms with Crippen LogP contribution in [0.4, 0.5) is 0 Å². The van der Waals surface area contributed by atoms with E-state index in [1.807, 2.05) is 54.6 Å². The third kappa shape index (κ3) is 2.19. The van der Waals surface area contributed by atoms with E-state index < -0.39 is 5.97 Å². The highest BCUT2D eigenvalue weighted by molar-refractivity contribution is 5.69. The number of para-hydroxylation sites is 1. The molecule has 96 valence electrons. The van der Waals surface area contributed by atoms with Crippen molar-refractivity contribution in [1.29, 1.82) is 0 Å². The van der Waals surface area contributed by atoms with Gasteiger partial charge in [-0.3, -0.25) is 4.79 Å². The normalized spacial score (nSPS) is 20.6. The summed E-state index contributed by atoms with van der Waals surface area (Å²) < 4.78 is 5.94. The summed E-state index contributed by atoms with van der Waals surface area (Å²) in [5.41, 5.74) is 2.00. The highest BCUT2D eigenvalue weighted by Gasteiger charge is 2.36. The van der Waals surface area contributed by atoms with Crippen molar-refractivity contribution in [2.75, 3.05) is 0 Å². The fourth-order valence-electron chi connectivity index (χ4n) is 2.62. The minimum Gasteiger partial charge on any atom is -0.485 e. The minimum atomic E-state index is -0.800. The van der Waals surface area contributed by atoms with Crippen molar-refractivity contribution < 1.29 is 14.6 Å². The summed E-state index contributed by atoms with van der Waals surface area (Å²) >= 11 is 0. The van der Waals surface area contributed by atoms with Crippen LogP contribution in [0, 0.1) is 0 Å². The summed E-state index contributed by atoms with van der Waals surface area (Å²) in [6.45, 7) is 0. The maximum absolute atomic E-state index is 11.1. The molecule has 3 rings (SSSR count). The van der Waals surface area contributed by atoms with Crippen LogP contribution in [0.1, 0.15) is 29.6 Å². The number of fused-ring (bicyclic) bond motifs is 1. The zero-order valence-electron chi connectivity index (χ0n) is 10.3. The Balaban J connectivity index is 2.00. The Kier molecular flexibility index (Phi) is 2.95. The van der Waals surface area contributed by atoms with Gasteiger partial charge < -0.3 is 9.84 Å². The van der Waals surface area contributed by atoms with Crippen LogP contribution in [0.25, 0.3) is 0 Å². The van der Waals surface area contributed by atoms with E-state index in [0.717, 1.165) is 16.9 Å². The molecular weight excluding hydrogens is 240 g/mol. The van der Waals surface area contributed by atoms with Gasteiger partial charge in [-0.2, -0.15) is 0 Å². The van der Waals surface area contributed by atoms with Gasteiger partial charge >= 0.3 is 5.97 Å². The number of ether oxygens (including phenoxy) is 1. The third-order valence-corrected chi connectivity index (χ3v) is 3.46. The fourth-order valence-corrected chi connectivity index (χ4v) is 2.62. The molecule has 19 heavy (non-hydrogen) atoms. The van der Waals surface area contributed by atoms with Crippen LogP contribution < -0.4 is 4.74 Å². The van der Waals surface area contributed by atoms with Crippen LogP contribution in [0.3, 0.4) is 0 Å². The van der Waals surface area contributed by atoms with Crippen molar-refractivity contribution in [2.45, 2.75) is 18.4 Å². The molecule has 0 aromatic heterocycles. The van der Waals surface area contributed by atoms with Crippen molar-refractivity contribution in [3.05, 3.63) is 65.7 Å². The Bertz CT molecular complexity index is 592. The molecule has 0 unspecified atom stereocenters. The number of carboxylic acids is 1. The molecule has 1 N–H and O–H groups in total. The van der Waals surface area contributed by atoms with E-state index in [2.05, 4.69) is 0 Å². The van der Waals surface area contributed by atoms with Crippen molar-refractivity contribution in [3.8, 4) is 5.75 Å². The van der Waals surface area contributed by atoms with E-state index in [9.17, 15) is 4.79 Å². The quantitative estimate of drug-likeness (QED) is 0.913. The van der Waals surface area contributed by atoms with E-state index in [0.29, 0.717) is 0 Å². The molecule has 2 aromatic rings. The Hall–Kier alpha value is -2.29. The van der Waals surface area contributed by atoms with E-state index in [1.54, 1.807) is 0 Å². The first kappa shape index (κ1) is 11.8. The average Bonchev–Trinajstić information content (AvgIpc) is 2.78. The molecule has 0 saturated heterocycles. The van der Waals surface area contributed by atoms with Crippen LogP contribution in [0.15, 0.2) is 54.6 Å². The van der Waals surface area contributed by atoms with Gasteiger partial charge in [0.1, 0.15) is 11.9 Å². The number of hydrogen-bond donors (Lipinski definition) is 1. The number of aliphatic carboxylic acids is 1. The van der Waals surface area contributed by atoms with Crippen molar-refractivity contribution in [3.63, 3.8) is 0 Å². The highest BCUT2D eigenvalue weighted by Crippen LogP contribution is 2.47. The molecule has 0 aliphatic carbocycles. The SMILES string of the molecule is O=C(O)C[C@H]1c2ccccc2O[C@@H]1c1ccccc1. The molecule has 0 fully saturated rings. The molecule has 3 nitrogen and oxygen atoms in total. The minimum absolute atomic E-state index is 0.0799. The molecule has 0 spiro atoms. The van der Waals surface area contributed by atoms with Crippen LogP contribution in [0.5, 0.6) is 5.75 Å². The van der Waals surface area contributed by atoms with Crippen molar-refractivity contribution in [2.24, 2.45) is 0 Å². The monoisotopic (exact) mass is 254 g/mol. The smallest absolute Gasteiger partial charge is 0.304 e. The second kappa shape index (κ2) is 4.76. The molecule has 1 heterocycles. The predicted octanol–water partition coefficient (Wildman–Crippen LogP) is 3.38. The molecule has 2 atom stereocenters. The van der Waals surface area contributed by atoms with E-state index in [1.165, 1.54) is 0 Å². The van der Waals surface area contributed by atoms with Gasteiger partial charge in [0.25, 0.3) is 0 Å². The summed E-state index contributed by atoms with van der Waals surface area (Å²) in [4.78, 5) is 11.1. The van der Waals surface area contributed by atoms with Crippen LogP contribution in [-0.4, -0.2) is 11.1 Å².